The number of nitrogens with zero attached hydrogens (tertiary/aromatic N) is 1. The number of hydrogen-bond donors (Lipinski definition) is 2. The van der Waals surface area contributed by atoms with Crippen molar-refractivity contribution < 1.29 is 17.9 Å². The van der Waals surface area contributed by atoms with Gasteiger partial charge in [0.2, 0.25) is 10.0 Å². The van der Waals surface area contributed by atoms with E-state index in [0.29, 0.717) is 17.0 Å². The van der Waals surface area contributed by atoms with Crippen LogP contribution in [0.4, 0.5) is 0 Å². The van der Waals surface area contributed by atoms with Crippen LogP contribution >= 0.6 is 11.3 Å². The second-order valence-electron chi connectivity index (χ2n) is 4.08. The Morgan fingerprint density at radius 3 is 2.81 bits per heavy atom. The molecule has 7 nitrogen and oxygen atoms in total. The van der Waals surface area contributed by atoms with Crippen LogP contribution in [0, 0.1) is 0 Å². The molecule has 0 radical (unpaired) electrons. The first-order valence-corrected chi connectivity index (χ1v) is 8.27. The lowest BCUT2D eigenvalue weighted by molar-refractivity contribution is 0.0946. The number of amides is 1. The van der Waals surface area contributed by atoms with Gasteiger partial charge >= 0.3 is 0 Å². The third-order valence-electron chi connectivity index (χ3n) is 2.68. The van der Waals surface area contributed by atoms with E-state index in [0.717, 1.165) is 0 Å². The van der Waals surface area contributed by atoms with Gasteiger partial charge in [0.15, 0.2) is 0 Å². The second-order valence-corrected chi connectivity index (χ2v) is 6.36. The Morgan fingerprint density at radius 1 is 1.48 bits per heavy atom. The number of nitrogens with two attached hydrogens (primary N) is 1. The summed E-state index contributed by atoms with van der Waals surface area (Å²) in [6, 6.07) is 4.21. The van der Waals surface area contributed by atoms with Gasteiger partial charge in [-0.3, -0.25) is 4.79 Å². The van der Waals surface area contributed by atoms with Crippen LogP contribution in [0.5, 0.6) is 5.75 Å². The fourth-order valence-electron chi connectivity index (χ4n) is 1.66. The Balaban J connectivity index is 2.20. The van der Waals surface area contributed by atoms with E-state index in [2.05, 4.69) is 10.3 Å². The maximum atomic E-state index is 11.8. The van der Waals surface area contributed by atoms with Gasteiger partial charge in [0.25, 0.3) is 5.91 Å². The fraction of sp³-hybridized carbons (Fsp3) is 0.167. The average Bonchev–Trinajstić information content (AvgIpc) is 2.97. The van der Waals surface area contributed by atoms with Crippen LogP contribution in [-0.2, 0) is 16.6 Å². The van der Waals surface area contributed by atoms with E-state index < -0.39 is 10.0 Å². The average molecular weight is 327 g/mol. The molecule has 0 saturated carbocycles. The first-order chi connectivity index (χ1) is 9.91. The molecule has 2 aromatic rings. The molecule has 0 spiro atoms. The zero-order valence-electron chi connectivity index (χ0n) is 11.1. The molecule has 1 amide bonds. The summed E-state index contributed by atoms with van der Waals surface area (Å²) in [6.07, 6.45) is 0. The predicted octanol–water partition coefficient (Wildman–Crippen LogP) is 0.729. The monoisotopic (exact) mass is 327 g/mol. The molecule has 0 saturated heterocycles. The lowest BCUT2D eigenvalue weighted by Gasteiger charge is -2.10. The van der Waals surface area contributed by atoms with Gasteiger partial charge in [-0.1, -0.05) is 0 Å². The van der Waals surface area contributed by atoms with Crippen molar-refractivity contribution >= 4 is 27.3 Å². The highest BCUT2D eigenvalue weighted by Gasteiger charge is 2.13. The number of primary sulfonamides is 1. The number of sulfonamides is 1. The predicted molar refractivity (Wildman–Crippen MR) is 77.7 cm³/mol. The summed E-state index contributed by atoms with van der Waals surface area (Å²) in [7, 11) is -2.35. The van der Waals surface area contributed by atoms with Crippen LogP contribution in [-0.4, -0.2) is 26.4 Å². The zero-order chi connectivity index (χ0) is 15.5. The van der Waals surface area contributed by atoms with Crippen molar-refractivity contribution in [2.75, 3.05) is 7.11 Å². The summed E-state index contributed by atoms with van der Waals surface area (Å²) in [6.45, 7) is 0.100. The van der Waals surface area contributed by atoms with Crippen molar-refractivity contribution in [2.24, 2.45) is 5.14 Å². The minimum atomic E-state index is -3.81. The van der Waals surface area contributed by atoms with E-state index in [1.807, 2.05) is 0 Å². The summed E-state index contributed by atoms with van der Waals surface area (Å²) in [4.78, 5) is 15.7. The molecule has 0 unspecified atom stereocenters. The highest BCUT2D eigenvalue weighted by molar-refractivity contribution is 7.89. The molecule has 2 rings (SSSR count). The molecule has 3 N–H and O–H groups in total. The molecule has 1 aromatic heterocycles. The minimum absolute atomic E-state index is 0.0405. The molecule has 112 valence electrons. The lowest BCUT2D eigenvalue weighted by Crippen LogP contribution is -2.23. The number of nitrogens with one attached hydrogen (secondary N) is 1. The molecule has 0 fully saturated rings. The molecular weight excluding hydrogens is 314 g/mol. The van der Waals surface area contributed by atoms with Crippen LogP contribution in [0.3, 0.4) is 0 Å². The lowest BCUT2D eigenvalue weighted by atomic mass is 10.2. The van der Waals surface area contributed by atoms with Gasteiger partial charge in [-0.05, 0) is 18.2 Å². The molecule has 0 atom stereocenters. The van der Waals surface area contributed by atoms with Crippen molar-refractivity contribution in [3.8, 4) is 5.75 Å². The number of thiazole rings is 1. The Labute approximate surface area is 125 Å². The normalized spacial score (nSPS) is 11.1. The number of aromatic nitrogens is 1. The maximum Gasteiger partial charge on any atom is 0.271 e. The smallest absolute Gasteiger partial charge is 0.271 e. The first-order valence-electron chi connectivity index (χ1n) is 5.78. The van der Waals surface area contributed by atoms with E-state index in [1.165, 1.54) is 36.6 Å². The molecule has 0 aliphatic carbocycles. The van der Waals surface area contributed by atoms with Gasteiger partial charge in [-0.15, -0.1) is 11.3 Å². The number of hydrogen-bond acceptors (Lipinski definition) is 6. The summed E-state index contributed by atoms with van der Waals surface area (Å²) in [5.74, 6) is 0.111. The van der Waals surface area contributed by atoms with E-state index in [-0.39, 0.29) is 17.3 Å². The van der Waals surface area contributed by atoms with Gasteiger partial charge in [-0.25, -0.2) is 18.5 Å². The summed E-state index contributed by atoms with van der Waals surface area (Å²) in [5, 5.41) is 9.35. The summed E-state index contributed by atoms with van der Waals surface area (Å²) in [5.41, 5.74) is 2.37. The Hall–Kier alpha value is -1.97. The third kappa shape index (κ3) is 3.78. The van der Waals surface area contributed by atoms with E-state index >= 15 is 0 Å². The zero-order valence-corrected chi connectivity index (χ0v) is 12.7. The molecule has 9 heteroatoms. The van der Waals surface area contributed by atoms with Crippen molar-refractivity contribution in [1.29, 1.82) is 0 Å². The van der Waals surface area contributed by atoms with Crippen LogP contribution < -0.4 is 15.2 Å². The highest BCUT2D eigenvalue weighted by atomic mass is 32.2. The topological polar surface area (TPSA) is 111 Å². The van der Waals surface area contributed by atoms with Gasteiger partial charge in [0.05, 0.1) is 17.5 Å². The van der Waals surface area contributed by atoms with Crippen LogP contribution in [0.15, 0.2) is 34.0 Å². The number of carbonyl (C=O) groups excluding carboxylic acids is 1. The number of carbonyl (C=O) groups is 1. The van der Waals surface area contributed by atoms with Crippen LogP contribution in [0.1, 0.15) is 16.1 Å². The summed E-state index contributed by atoms with van der Waals surface area (Å²) < 4.78 is 27.8. The number of ether oxygens (including phenoxy) is 1. The number of methoxy groups -OCH3 is 1. The molecule has 1 aromatic carbocycles. The second kappa shape index (κ2) is 6.20. The Kier molecular flexibility index (Phi) is 4.56. The van der Waals surface area contributed by atoms with E-state index in [4.69, 9.17) is 9.88 Å². The first kappa shape index (κ1) is 15.4. The van der Waals surface area contributed by atoms with Gasteiger partial charge in [0.1, 0.15) is 11.4 Å². The van der Waals surface area contributed by atoms with E-state index in [1.54, 1.807) is 10.9 Å². The molecule has 0 aliphatic rings. The van der Waals surface area contributed by atoms with Crippen LogP contribution in [0.25, 0.3) is 0 Å². The molecular formula is C12H13N3O4S2. The standard InChI is InChI=1S/C12H13N3O4S2/c1-19-11-3-2-9(21(13,17)18)4-8(11)5-14-12(16)10-6-20-7-15-10/h2-4,6-7H,5H2,1H3,(H,14,16)(H2,13,17,18). The van der Waals surface area contributed by atoms with Gasteiger partial charge in [0, 0.05) is 17.5 Å². The molecule has 0 aliphatic heterocycles. The quantitative estimate of drug-likeness (QED) is 0.841. The third-order valence-corrected chi connectivity index (χ3v) is 4.18. The highest BCUT2D eigenvalue weighted by Crippen LogP contribution is 2.21. The fourth-order valence-corrected chi connectivity index (χ4v) is 2.76. The number of rotatable bonds is 5. The van der Waals surface area contributed by atoms with Crippen LogP contribution in [0.2, 0.25) is 0 Å². The Morgan fingerprint density at radius 2 is 2.24 bits per heavy atom. The van der Waals surface area contributed by atoms with Crippen molar-refractivity contribution in [2.45, 2.75) is 11.4 Å². The molecule has 0 bridgehead atoms. The maximum absolute atomic E-state index is 11.8. The summed E-state index contributed by atoms with van der Waals surface area (Å²) >= 11 is 1.31. The SMILES string of the molecule is COc1ccc(S(N)(=O)=O)cc1CNC(=O)c1cscn1. The molecule has 1 heterocycles. The van der Waals surface area contributed by atoms with Crippen molar-refractivity contribution in [3.05, 3.63) is 40.3 Å². The van der Waals surface area contributed by atoms with Crippen molar-refractivity contribution in [3.63, 3.8) is 0 Å². The molecule has 21 heavy (non-hydrogen) atoms. The Bertz CT molecular complexity index is 742. The minimum Gasteiger partial charge on any atom is -0.496 e. The number of benzene rings is 1. The van der Waals surface area contributed by atoms with Gasteiger partial charge in [-0.2, -0.15) is 0 Å². The largest absolute Gasteiger partial charge is 0.496 e. The van der Waals surface area contributed by atoms with Crippen molar-refractivity contribution in [1.82, 2.24) is 10.3 Å². The van der Waals surface area contributed by atoms with E-state index in [9.17, 15) is 13.2 Å². The van der Waals surface area contributed by atoms with Gasteiger partial charge < -0.3 is 10.1 Å².